The Bertz CT molecular complexity index is 575. The van der Waals surface area contributed by atoms with Crippen LogP contribution in [-0.4, -0.2) is 15.6 Å². The fourth-order valence-electron chi connectivity index (χ4n) is 1.89. The summed E-state index contributed by atoms with van der Waals surface area (Å²) in [6, 6.07) is 7.11. The number of hydrogen-bond acceptors (Lipinski definition) is 2. The zero-order chi connectivity index (χ0) is 13.1. The van der Waals surface area contributed by atoms with Gasteiger partial charge in [0.2, 0.25) is 5.78 Å². The van der Waals surface area contributed by atoms with Gasteiger partial charge in [0, 0.05) is 23.3 Å². The normalized spacial score (nSPS) is 10.6. The Labute approximate surface area is 111 Å². The van der Waals surface area contributed by atoms with Crippen molar-refractivity contribution < 1.29 is 4.79 Å². The maximum absolute atomic E-state index is 12.5. The van der Waals surface area contributed by atoms with Crippen LogP contribution < -0.4 is 0 Å². The number of carbonyl (C=O) groups excluding carboxylic acids is 1. The van der Waals surface area contributed by atoms with Crippen LogP contribution in [0.1, 0.15) is 35.0 Å². The number of aromatic nitrogens is 2. The van der Waals surface area contributed by atoms with E-state index in [0.29, 0.717) is 16.3 Å². The minimum atomic E-state index is -0.0269. The number of rotatable bonds is 4. The van der Waals surface area contributed by atoms with Gasteiger partial charge in [-0.1, -0.05) is 24.6 Å². The van der Waals surface area contributed by atoms with Crippen LogP contribution in [0.5, 0.6) is 0 Å². The van der Waals surface area contributed by atoms with Gasteiger partial charge in [-0.2, -0.15) is 5.10 Å². The Hall–Kier alpha value is -1.61. The van der Waals surface area contributed by atoms with Gasteiger partial charge in [-0.3, -0.25) is 9.48 Å². The highest BCUT2D eigenvalue weighted by Crippen LogP contribution is 2.19. The Balaban J connectivity index is 2.41. The fourth-order valence-corrected chi connectivity index (χ4v) is 2.06. The standard InChI is InChI=1S/C14H15ClN2O/c1-3-8-17-13(6-7-16-17)14(18)12-9-11(15)5-4-10(12)2/h4-7,9H,3,8H2,1-2H3. The second kappa shape index (κ2) is 5.36. The average molecular weight is 263 g/mol. The summed E-state index contributed by atoms with van der Waals surface area (Å²) < 4.78 is 1.74. The van der Waals surface area contributed by atoms with Crippen molar-refractivity contribution in [1.29, 1.82) is 0 Å². The predicted molar refractivity (Wildman–Crippen MR) is 72.1 cm³/mol. The van der Waals surface area contributed by atoms with Gasteiger partial charge in [0.1, 0.15) is 5.69 Å². The first-order chi connectivity index (χ1) is 8.63. The van der Waals surface area contributed by atoms with Crippen molar-refractivity contribution in [2.24, 2.45) is 0 Å². The molecule has 0 saturated carbocycles. The van der Waals surface area contributed by atoms with Crippen LogP contribution in [-0.2, 0) is 6.54 Å². The third-order valence-electron chi connectivity index (χ3n) is 2.83. The van der Waals surface area contributed by atoms with Crippen LogP contribution in [0.15, 0.2) is 30.5 Å². The van der Waals surface area contributed by atoms with E-state index in [4.69, 9.17) is 11.6 Å². The third-order valence-corrected chi connectivity index (χ3v) is 3.06. The smallest absolute Gasteiger partial charge is 0.211 e. The summed E-state index contributed by atoms with van der Waals surface area (Å²) in [7, 11) is 0. The molecular weight excluding hydrogens is 248 g/mol. The van der Waals surface area contributed by atoms with Gasteiger partial charge in [-0.15, -0.1) is 0 Å². The lowest BCUT2D eigenvalue weighted by molar-refractivity contribution is 0.102. The molecule has 2 aromatic rings. The lowest BCUT2D eigenvalue weighted by atomic mass is 10.0. The lowest BCUT2D eigenvalue weighted by Crippen LogP contribution is -2.12. The summed E-state index contributed by atoms with van der Waals surface area (Å²) in [4.78, 5) is 12.5. The first-order valence-corrected chi connectivity index (χ1v) is 6.34. The van der Waals surface area contributed by atoms with Gasteiger partial charge in [0.15, 0.2) is 0 Å². The zero-order valence-electron chi connectivity index (χ0n) is 10.5. The molecule has 0 atom stereocenters. The van der Waals surface area contributed by atoms with Gasteiger partial charge in [0.05, 0.1) is 0 Å². The highest BCUT2D eigenvalue weighted by molar-refractivity contribution is 6.31. The van der Waals surface area contributed by atoms with Gasteiger partial charge >= 0.3 is 0 Å². The molecular formula is C14H15ClN2O. The maximum Gasteiger partial charge on any atom is 0.211 e. The molecule has 0 bridgehead atoms. The number of carbonyl (C=O) groups is 1. The molecule has 0 aliphatic heterocycles. The molecule has 2 rings (SSSR count). The summed E-state index contributed by atoms with van der Waals surface area (Å²) in [5.41, 5.74) is 2.18. The van der Waals surface area contributed by atoms with Crippen LogP contribution in [0.25, 0.3) is 0 Å². The molecule has 0 aliphatic rings. The Kier molecular flexibility index (Phi) is 3.82. The van der Waals surface area contributed by atoms with Crippen molar-refractivity contribution in [2.75, 3.05) is 0 Å². The molecule has 3 nitrogen and oxygen atoms in total. The van der Waals surface area contributed by atoms with Crippen LogP contribution in [0.2, 0.25) is 5.02 Å². The minimum absolute atomic E-state index is 0.0269. The van der Waals surface area contributed by atoms with Crippen LogP contribution in [0.3, 0.4) is 0 Å². The molecule has 0 radical (unpaired) electrons. The van der Waals surface area contributed by atoms with E-state index in [-0.39, 0.29) is 5.78 Å². The SMILES string of the molecule is CCCn1nccc1C(=O)c1cc(Cl)ccc1C. The molecule has 0 aliphatic carbocycles. The number of ketones is 1. The topological polar surface area (TPSA) is 34.9 Å². The monoisotopic (exact) mass is 262 g/mol. The van der Waals surface area contributed by atoms with Gasteiger partial charge < -0.3 is 0 Å². The number of nitrogens with zero attached hydrogens (tertiary/aromatic N) is 2. The van der Waals surface area contributed by atoms with Crippen LogP contribution >= 0.6 is 11.6 Å². The first-order valence-electron chi connectivity index (χ1n) is 5.96. The summed E-state index contributed by atoms with van der Waals surface area (Å²) in [6.07, 6.45) is 2.60. The fraction of sp³-hybridized carbons (Fsp3) is 0.286. The van der Waals surface area contributed by atoms with Gasteiger partial charge in [-0.25, -0.2) is 0 Å². The van der Waals surface area contributed by atoms with Gasteiger partial charge in [0.25, 0.3) is 0 Å². The molecule has 0 N–H and O–H groups in total. The Morgan fingerprint density at radius 3 is 2.89 bits per heavy atom. The van der Waals surface area contributed by atoms with E-state index in [1.54, 1.807) is 29.1 Å². The molecule has 1 aromatic carbocycles. The third kappa shape index (κ3) is 2.46. The second-order valence-corrected chi connectivity index (χ2v) is 4.66. The molecule has 4 heteroatoms. The number of aryl methyl sites for hydroxylation is 2. The highest BCUT2D eigenvalue weighted by Gasteiger charge is 2.16. The van der Waals surface area contributed by atoms with E-state index in [2.05, 4.69) is 12.0 Å². The molecule has 0 saturated heterocycles. The molecule has 94 valence electrons. The number of halogens is 1. The molecule has 1 aromatic heterocycles. The van der Waals surface area contributed by atoms with Crippen LogP contribution in [0.4, 0.5) is 0 Å². The van der Waals surface area contributed by atoms with E-state index in [9.17, 15) is 4.79 Å². The molecule has 0 unspecified atom stereocenters. The van der Waals surface area contributed by atoms with E-state index in [1.165, 1.54) is 0 Å². The quantitative estimate of drug-likeness (QED) is 0.791. The number of benzene rings is 1. The lowest BCUT2D eigenvalue weighted by Gasteiger charge is -2.08. The number of hydrogen-bond donors (Lipinski definition) is 0. The summed E-state index contributed by atoms with van der Waals surface area (Å²) >= 11 is 5.95. The Morgan fingerprint density at radius 1 is 1.39 bits per heavy atom. The summed E-state index contributed by atoms with van der Waals surface area (Å²) in [6.45, 7) is 4.71. The van der Waals surface area contributed by atoms with Gasteiger partial charge in [-0.05, 0) is 37.1 Å². The van der Waals surface area contributed by atoms with Crippen molar-refractivity contribution >= 4 is 17.4 Å². The molecule has 18 heavy (non-hydrogen) atoms. The van der Waals surface area contributed by atoms with E-state index in [0.717, 1.165) is 18.5 Å². The first kappa shape index (κ1) is 12.8. The van der Waals surface area contributed by atoms with Crippen molar-refractivity contribution in [2.45, 2.75) is 26.8 Å². The predicted octanol–water partition coefficient (Wildman–Crippen LogP) is 3.49. The largest absolute Gasteiger partial charge is 0.287 e. The summed E-state index contributed by atoms with van der Waals surface area (Å²) in [5, 5.41) is 4.74. The molecule has 1 heterocycles. The summed E-state index contributed by atoms with van der Waals surface area (Å²) in [5.74, 6) is -0.0269. The average Bonchev–Trinajstić information content (AvgIpc) is 2.80. The minimum Gasteiger partial charge on any atom is -0.287 e. The van der Waals surface area contributed by atoms with Crippen LogP contribution in [0, 0.1) is 6.92 Å². The zero-order valence-corrected chi connectivity index (χ0v) is 11.2. The highest BCUT2D eigenvalue weighted by atomic mass is 35.5. The Morgan fingerprint density at radius 2 is 2.17 bits per heavy atom. The van der Waals surface area contributed by atoms with E-state index < -0.39 is 0 Å². The van der Waals surface area contributed by atoms with Crippen molar-refractivity contribution in [3.63, 3.8) is 0 Å². The maximum atomic E-state index is 12.5. The van der Waals surface area contributed by atoms with Crippen molar-refractivity contribution in [1.82, 2.24) is 9.78 Å². The second-order valence-electron chi connectivity index (χ2n) is 4.23. The van der Waals surface area contributed by atoms with Crippen molar-refractivity contribution in [3.05, 3.63) is 52.3 Å². The van der Waals surface area contributed by atoms with Crippen molar-refractivity contribution in [3.8, 4) is 0 Å². The van der Waals surface area contributed by atoms with E-state index in [1.807, 2.05) is 13.0 Å². The molecule has 0 fully saturated rings. The molecule has 0 spiro atoms. The molecule has 0 amide bonds. The van der Waals surface area contributed by atoms with E-state index >= 15 is 0 Å².